The lowest BCUT2D eigenvalue weighted by Crippen LogP contribution is -2.35. The first-order valence-corrected chi connectivity index (χ1v) is 7.94. The van der Waals surface area contributed by atoms with Crippen LogP contribution in [0.1, 0.15) is 28.7 Å². The molecule has 1 atom stereocenters. The molecule has 0 spiro atoms. The van der Waals surface area contributed by atoms with Gasteiger partial charge in [0.15, 0.2) is 0 Å². The van der Waals surface area contributed by atoms with E-state index in [1.54, 1.807) is 0 Å². The zero-order valence-corrected chi connectivity index (χ0v) is 13.1. The molecular formula is C15H19N3O2S. The number of nitrogen functional groups attached to an aromatic ring is 1. The number of carbonyl (C=O) groups excluding carboxylic acids is 1. The number of carbonyl (C=O) groups is 1. The third-order valence-corrected chi connectivity index (χ3v) is 4.77. The van der Waals surface area contributed by atoms with E-state index in [-0.39, 0.29) is 12.0 Å². The number of ether oxygens (including phenoxy) is 1. The summed E-state index contributed by atoms with van der Waals surface area (Å²) in [4.78, 5) is 20.5. The third kappa shape index (κ3) is 2.73. The second kappa shape index (κ2) is 5.61. The Kier molecular flexibility index (Phi) is 3.82. The van der Waals surface area contributed by atoms with Crippen LogP contribution in [0.15, 0.2) is 12.1 Å². The summed E-state index contributed by atoms with van der Waals surface area (Å²) >= 11 is 1.38. The molecular weight excluding hydrogens is 286 g/mol. The van der Waals surface area contributed by atoms with E-state index in [1.807, 2.05) is 30.9 Å². The van der Waals surface area contributed by atoms with Crippen molar-refractivity contribution in [2.75, 3.05) is 25.4 Å². The van der Waals surface area contributed by atoms with Crippen molar-refractivity contribution >= 4 is 33.1 Å². The second-order valence-electron chi connectivity index (χ2n) is 5.44. The highest BCUT2D eigenvalue weighted by Crippen LogP contribution is 2.33. The van der Waals surface area contributed by atoms with Gasteiger partial charge in [-0.25, -0.2) is 4.98 Å². The lowest BCUT2D eigenvalue weighted by atomic mass is 10.2. The van der Waals surface area contributed by atoms with Crippen LogP contribution in [-0.2, 0) is 4.74 Å². The monoisotopic (exact) mass is 305 g/mol. The minimum Gasteiger partial charge on any atom is -0.397 e. The van der Waals surface area contributed by atoms with Gasteiger partial charge in [-0.05, 0) is 32.4 Å². The van der Waals surface area contributed by atoms with Crippen LogP contribution in [0.2, 0.25) is 0 Å². The molecule has 1 saturated heterocycles. The molecule has 3 heterocycles. The Morgan fingerprint density at radius 2 is 2.33 bits per heavy atom. The molecule has 1 amide bonds. The summed E-state index contributed by atoms with van der Waals surface area (Å²) in [5.74, 6) is -0.00879. The van der Waals surface area contributed by atoms with Gasteiger partial charge in [-0.3, -0.25) is 4.79 Å². The number of rotatable bonds is 1. The number of aromatic nitrogens is 1. The van der Waals surface area contributed by atoms with E-state index in [9.17, 15) is 4.79 Å². The van der Waals surface area contributed by atoms with E-state index in [2.05, 4.69) is 4.98 Å². The maximum Gasteiger partial charge on any atom is 0.266 e. The van der Waals surface area contributed by atoms with Crippen molar-refractivity contribution < 1.29 is 9.53 Å². The summed E-state index contributed by atoms with van der Waals surface area (Å²) in [6.07, 6.45) is 0.922. The van der Waals surface area contributed by atoms with Crippen molar-refractivity contribution in [2.24, 2.45) is 0 Å². The Labute approximate surface area is 127 Å². The molecule has 2 aromatic rings. The molecule has 112 valence electrons. The first-order valence-electron chi connectivity index (χ1n) is 7.12. The molecule has 0 aliphatic carbocycles. The maximum absolute atomic E-state index is 12.7. The highest BCUT2D eigenvalue weighted by Gasteiger charge is 2.25. The van der Waals surface area contributed by atoms with E-state index in [0.29, 0.717) is 30.3 Å². The van der Waals surface area contributed by atoms with Crippen molar-refractivity contribution in [3.05, 3.63) is 22.7 Å². The van der Waals surface area contributed by atoms with Gasteiger partial charge in [-0.15, -0.1) is 11.3 Å². The van der Waals surface area contributed by atoms with Crippen LogP contribution in [0.3, 0.4) is 0 Å². The Balaban J connectivity index is 1.95. The van der Waals surface area contributed by atoms with Gasteiger partial charge in [0.25, 0.3) is 5.91 Å². The average molecular weight is 305 g/mol. The van der Waals surface area contributed by atoms with Gasteiger partial charge in [-0.2, -0.15) is 0 Å². The molecule has 0 saturated carbocycles. The van der Waals surface area contributed by atoms with Gasteiger partial charge < -0.3 is 15.4 Å². The number of pyridine rings is 1. The van der Waals surface area contributed by atoms with E-state index in [0.717, 1.165) is 22.3 Å². The topological polar surface area (TPSA) is 68.5 Å². The molecule has 2 aromatic heterocycles. The van der Waals surface area contributed by atoms with Gasteiger partial charge in [-0.1, -0.05) is 0 Å². The van der Waals surface area contributed by atoms with Crippen molar-refractivity contribution in [1.29, 1.82) is 0 Å². The van der Waals surface area contributed by atoms with Crippen LogP contribution < -0.4 is 5.73 Å². The van der Waals surface area contributed by atoms with Crippen LogP contribution >= 0.6 is 11.3 Å². The Morgan fingerprint density at radius 3 is 3.14 bits per heavy atom. The molecule has 21 heavy (non-hydrogen) atoms. The first kappa shape index (κ1) is 14.3. The molecule has 3 rings (SSSR count). The predicted octanol–water partition coefficient (Wildman–Crippen LogP) is 2.44. The highest BCUT2D eigenvalue weighted by molar-refractivity contribution is 7.21. The van der Waals surface area contributed by atoms with Crippen LogP contribution in [0.5, 0.6) is 0 Å². The van der Waals surface area contributed by atoms with Gasteiger partial charge in [0.1, 0.15) is 9.71 Å². The lowest BCUT2D eigenvalue weighted by molar-refractivity contribution is 0.0566. The minimum atomic E-state index is -0.00879. The quantitative estimate of drug-likeness (QED) is 0.878. The number of amides is 1. The van der Waals surface area contributed by atoms with Gasteiger partial charge in [0, 0.05) is 30.8 Å². The second-order valence-corrected chi connectivity index (χ2v) is 6.44. The Bertz CT molecular complexity index is 683. The Morgan fingerprint density at radius 1 is 1.52 bits per heavy atom. The molecule has 1 aliphatic heterocycles. The van der Waals surface area contributed by atoms with Crippen molar-refractivity contribution in [2.45, 2.75) is 26.4 Å². The standard InChI is InChI=1S/C15H19N3O2S/c1-9-4-5-11-12(16)13(21-14(11)17-9)15(19)18-6-3-7-20-10(2)8-18/h4-5,10H,3,6-8,16H2,1-2H3. The average Bonchev–Trinajstić information content (AvgIpc) is 2.63. The molecule has 0 radical (unpaired) electrons. The number of nitrogens with two attached hydrogens (primary N) is 1. The van der Waals surface area contributed by atoms with E-state index < -0.39 is 0 Å². The molecule has 0 aromatic carbocycles. The van der Waals surface area contributed by atoms with E-state index in [4.69, 9.17) is 10.5 Å². The first-order chi connectivity index (χ1) is 10.1. The van der Waals surface area contributed by atoms with Crippen LogP contribution in [0.4, 0.5) is 5.69 Å². The van der Waals surface area contributed by atoms with E-state index >= 15 is 0 Å². The van der Waals surface area contributed by atoms with Crippen molar-refractivity contribution in [1.82, 2.24) is 9.88 Å². The minimum absolute atomic E-state index is 0.00879. The van der Waals surface area contributed by atoms with Crippen molar-refractivity contribution in [3.8, 4) is 0 Å². The number of anilines is 1. The molecule has 2 N–H and O–H groups in total. The van der Waals surface area contributed by atoms with Crippen molar-refractivity contribution in [3.63, 3.8) is 0 Å². The van der Waals surface area contributed by atoms with E-state index in [1.165, 1.54) is 11.3 Å². The predicted molar refractivity (Wildman–Crippen MR) is 84.7 cm³/mol. The summed E-state index contributed by atoms with van der Waals surface area (Å²) in [7, 11) is 0. The zero-order valence-electron chi connectivity index (χ0n) is 12.3. The summed E-state index contributed by atoms with van der Waals surface area (Å²) < 4.78 is 5.59. The smallest absolute Gasteiger partial charge is 0.266 e. The van der Waals surface area contributed by atoms with Gasteiger partial charge in [0.05, 0.1) is 11.8 Å². The van der Waals surface area contributed by atoms with Crippen LogP contribution in [-0.4, -0.2) is 41.6 Å². The SMILES string of the molecule is Cc1ccc2c(N)c(C(=O)N3CCCOC(C)C3)sc2n1. The summed E-state index contributed by atoms with van der Waals surface area (Å²) in [6.45, 7) is 5.95. The number of hydrogen-bond donors (Lipinski definition) is 1. The number of hydrogen-bond acceptors (Lipinski definition) is 5. The fraction of sp³-hybridized carbons (Fsp3) is 0.467. The summed E-state index contributed by atoms with van der Waals surface area (Å²) in [6, 6.07) is 3.86. The highest BCUT2D eigenvalue weighted by atomic mass is 32.1. The molecule has 6 heteroatoms. The third-order valence-electron chi connectivity index (χ3n) is 3.67. The van der Waals surface area contributed by atoms with Crippen LogP contribution in [0.25, 0.3) is 10.2 Å². The normalized spacial score (nSPS) is 19.7. The summed E-state index contributed by atoms with van der Waals surface area (Å²) in [5.41, 5.74) is 7.64. The number of aryl methyl sites for hydroxylation is 1. The fourth-order valence-corrected chi connectivity index (χ4v) is 3.68. The molecule has 1 aliphatic rings. The largest absolute Gasteiger partial charge is 0.397 e. The molecule has 0 bridgehead atoms. The number of fused-ring (bicyclic) bond motifs is 1. The molecule has 5 nitrogen and oxygen atoms in total. The molecule has 1 unspecified atom stereocenters. The summed E-state index contributed by atoms with van der Waals surface area (Å²) in [5, 5.41) is 0.869. The fourth-order valence-electron chi connectivity index (χ4n) is 2.57. The maximum atomic E-state index is 12.7. The van der Waals surface area contributed by atoms with Crippen LogP contribution in [0, 0.1) is 6.92 Å². The number of nitrogens with zero attached hydrogens (tertiary/aromatic N) is 2. The van der Waals surface area contributed by atoms with Gasteiger partial charge in [0.2, 0.25) is 0 Å². The molecule has 1 fully saturated rings. The lowest BCUT2D eigenvalue weighted by Gasteiger charge is -2.21. The zero-order chi connectivity index (χ0) is 15.0. The van der Waals surface area contributed by atoms with Gasteiger partial charge >= 0.3 is 0 Å². The number of thiophene rings is 1. The Hall–Kier alpha value is -1.66.